The zero-order valence-corrected chi connectivity index (χ0v) is 16.6. The van der Waals surface area contributed by atoms with Crippen LogP contribution in [0.1, 0.15) is 11.3 Å². The number of hydrogen-bond donors (Lipinski definition) is 1. The molecule has 1 saturated heterocycles. The molecule has 0 bridgehead atoms. The van der Waals surface area contributed by atoms with Crippen LogP contribution >= 0.6 is 22.9 Å². The molecule has 0 radical (unpaired) electrons. The summed E-state index contributed by atoms with van der Waals surface area (Å²) < 4.78 is 29.3. The topological polar surface area (TPSA) is 66.8 Å². The molecule has 1 aliphatic heterocycles. The van der Waals surface area contributed by atoms with E-state index in [1.807, 2.05) is 17.5 Å². The maximum absolute atomic E-state index is 11.8. The highest BCUT2D eigenvalue weighted by molar-refractivity contribution is 7.91. The molecule has 2 heterocycles. The highest BCUT2D eigenvalue weighted by atomic mass is 35.5. The van der Waals surface area contributed by atoms with Gasteiger partial charge in [0.25, 0.3) is 0 Å². The Kier molecular flexibility index (Phi) is 6.58. The first-order chi connectivity index (χ1) is 12.4. The van der Waals surface area contributed by atoms with Crippen LogP contribution < -0.4 is 4.74 Å². The Hall–Kier alpha value is -1.12. The fourth-order valence-electron chi connectivity index (χ4n) is 3.06. The van der Waals surface area contributed by atoms with Gasteiger partial charge in [-0.1, -0.05) is 17.7 Å². The summed E-state index contributed by atoms with van der Waals surface area (Å²) in [5.74, 6) is 1.01. The van der Waals surface area contributed by atoms with Gasteiger partial charge in [0.2, 0.25) is 0 Å². The van der Waals surface area contributed by atoms with Gasteiger partial charge in [0.05, 0.1) is 11.5 Å². The van der Waals surface area contributed by atoms with Crippen molar-refractivity contribution in [1.29, 1.82) is 0 Å². The van der Waals surface area contributed by atoms with Gasteiger partial charge in [-0.05, 0) is 42.1 Å². The van der Waals surface area contributed by atoms with Gasteiger partial charge in [0, 0.05) is 29.0 Å². The maximum atomic E-state index is 11.8. The smallest absolute Gasteiger partial charge is 0.151 e. The molecule has 26 heavy (non-hydrogen) atoms. The Balaban J connectivity index is 1.59. The molecule has 1 N–H and O–H groups in total. The predicted molar refractivity (Wildman–Crippen MR) is 105 cm³/mol. The summed E-state index contributed by atoms with van der Waals surface area (Å²) in [5.41, 5.74) is 0. The van der Waals surface area contributed by atoms with Crippen molar-refractivity contribution in [3.05, 3.63) is 51.7 Å². The van der Waals surface area contributed by atoms with Crippen molar-refractivity contribution in [2.45, 2.75) is 25.1 Å². The molecule has 1 aromatic carbocycles. The largest absolute Gasteiger partial charge is 0.491 e. The lowest BCUT2D eigenvalue weighted by molar-refractivity contribution is 0.0529. The van der Waals surface area contributed by atoms with Crippen molar-refractivity contribution in [2.24, 2.45) is 0 Å². The molecule has 1 aromatic heterocycles. The van der Waals surface area contributed by atoms with Crippen LogP contribution in [0.25, 0.3) is 0 Å². The summed E-state index contributed by atoms with van der Waals surface area (Å²) in [4.78, 5) is 3.21. The van der Waals surface area contributed by atoms with Crippen LogP contribution in [-0.2, 0) is 16.4 Å². The molecule has 1 aliphatic rings. The minimum absolute atomic E-state index is 0.0627. The molecule has 1 fully saturated rings. The second-order valence-corrected chi connectivity index (χ2v) is 10.2. The average Bonchev–Trinajstić information content (AvgIpc) is 3.23. The van der Waals surface area contributed by atoms with E-state index in [-0.39, 0.29) is 24.2 Å². The zero-order valence-electron chi connectivity index (χ0n) is 14.3. The first-order valence-corrected chi connectivity index (χ1v) is 11.5. The number of aliphatic hydroxyl groups is 1. The van der Waals surface area contributed by atoms with E-state index < -0.39 is 15.9 Å². The van der Waals surface area contributed by atoms with Crippen LogP contribution in [0.4, 0.5) is 0 Å². The summed E-state index contributed by atoms with van der Waals surface area (Å²) in [7, 11) is -2.98. The van der Waals surface area contributed by atoms with Crippen molar-refractivity contribution in [3.63, 3.8) is 0 Å². The van der Waals surface area contributed by atoms with Crippen LogP contribution in [0.2, 0.25) is 5.02 Å². The molecule has 142 valence electrons. The highest BCUT2D eigenvalue weighted by Gasteiger charge is 2.33. The van der Waals surface area contributed by atoms with Gasteiger partial charge >= 0.3 is 0 Å². The summed E-state index contributed by atoms with van der Waals surface area (Å²) >= 11 is 7.48. The van der Waals surface area contributed by atoms with Crippen LogP contribution in [0.5, 0.6) is 5.75 Å². The molecular formula is C18H22ClNO4S2. The molecule has 5 nitrogen and oxygen atoms in total. The number of hydrogen-bond acceptors (Lipinski definition) is 6. The fourth-order valence-corrected chi connectivity index (χ4v) is 5.67. The van der Waals surface area contributed by atoms with Crippen molar-refractivity contribution in [1.82, 2.24) is 4.90 Å². The van der Waals surface area contributed by atoms with E-state index in [1.54, 1.807) is 35.6 Å². The summed E-state index contributed by atoms with van der Waals surface area (Å²) in [6, 6.07) is 10.9. The number of sulfone groups is 1. The van der Waals surface area contributed by atoms with Gasteiger partial charge in [-0.25, -0.2) is 8.42 Å². The molecular weight excluding hydrogens is 394 g/mol. The average molecular weight is 416 g/mol. The number of aliphatic hydroxyl groups excluding tert-OH is 1. The van der Waals surface area contributed by atoms with E-state index in [9.17, 15) is 13.5 Å². The predicted octanol–water partition coefficient (Wildman–Crippen LogP) is 2.83. The maximum Gasteiger partial charge on any atom is 0.151 e. The molecule has 3 rings (SSSR count). The third-order valence-corrected chi connectivity index (χ3v) is 7.23. The monoisotopic (exact) mass is 415 g/mol. The van der Waals surface area contributed by atoms with Gasteiger partial charge in [0.15, 0.2) is 9.84 Å². The second kappa shape index (κ2) is 8.71. The van der Waals surface area contributed by atoms with Crippen molar-refractivity contribution < 1.29 is 18.3 Å². The van der Waals surface area contributed by atoms with E-state index in [0.29, 0.717) is 30.3 Å². The molecule has 0 amide bonds. The minimum atomic E-state index is -2.98. The van der Waals surface area contributed by atoms with Gasteiger partial charge in [0.1, 0.15) is 18.5 Å². The lowest BCUT2D eigenvalue weighted by atomic mass is 10.2. The molecule has 2 aromatic rings. The number of thiophene rings is 1. The number of halogens is 1. The molecule has 0 saturated carbocycles. The van der Waals surface area contributed by atoms with E-state index in [1.165, 1.54) is 0 Å². The Bertz CT molecular complexity index is 793. The van der Waals surface area contributed by atoms with Crippen molar-refractivity contribution >= 4 is 32.8 Å². The van der Waals surface area contributed by atoms with Gasteiger partial charge in [-0.3, -0.25) is 4.90 Å². The molecule has 0 aliphatic carbocycles. The fraction of sp³-hybridized carbons (Fsp3) is 0.444. The molecule has 0 spiro atoms. The van der Waals surface area contributed by atoms with Crippen LogP contribution in [-0.4, -0.2) is 55.2 Å². The van der Waals surface area contributed by atoms with E-state index in [4.69, 9.17) is 16.3 Å². The van der Waals surface area contributed by atoms with E-state index in [2.05, 4.69) is 4.90 Å². The van der Waals surface area contributed by atoms with E-state index in [0.717, 1.165) is 4.88 Å². The number of rotatable bonds is 8. The lowest BCUT2D eigenvalue weighted by Crippen LogP contribution is -2.42. The summed E-state index contributed by atoms with van der Waals surface area (Å²) in [6.45, 7) is 1.14. The van der Waals surface area contributed by atoms with Crippen LogP contribution in [0, 0.1) is 0 Å². The number of benzene rings is 1. The first-order valence-electron chi connectivity index (χ1n) is 8.44. The van der Waals surface area contributed by atoms with E-state index >= 15 is 0 Å². The van der Waals surface area contributed by atoms with Gasteiger partial charge < -0.3 is 9.84 Å². The molecule has 8 heteroatoms. The Morgan fingerprint density at radius 2 is 2.08 bits per heavy atom. The third kappa shape index (κ3) is 5.69. The van der Waals surface area contributed by atoms with Gasteiger partial charge in [-0.15, -0.1) is 11.3 Å². The van der Waals surface area contributed by atoms with Gasteiger partial charge in [-0.2, -0.15) is 0 Å². The van der Waals surface area contributed by atoms with Crippen LogP contribution in [0.15, 0.2) is 41.8 Å². The first kappa shape index (κ1) is 19.6. The summed E-state index contributed by atoms with van der Waals surface area (Å²) in [6.07, 6.45) is -0.104. The van der Waals surface area contributed by atoms with Crippen LogP contribution in [0.3, 0.4) is 0 Å². The number of ether oxygens (including phenoxy) is 1. The third-order valence-electron chi connectivity index (χ3n) is 4.37. The standard InChI is InChI=1S/C18H22ClNO4S2/c19-14-3-5-17(6-4-14)24-12-16(21)10-20(11-18-2-1-8-25-18)15-7-9-26(22,23)13-15/h1-6,8,15-16,21H,7,9-13H2/t15-,16-/m0/s1. The Labute approximate surface area is 163 Å². The minimum Gasteiger partial charge on any atom is -0.491 e. The Morgan fingerprint density at radius 3 is 2.69 bits per heavy atom. The molecule has 0 unspecified atom stereocenters. The number of nitrogens with zero attached hydrogens (tertiary/aromatic N) is 1. The lowest BCUT2D eigenvalue weighted by Gasteiger charge is -2.29. The SMILES string of the molecule is O=S1(=O)CC[C@H](N(Cc2cccs2)C[C@H](O)COc2ccc(Cl)cc2)C1. The normalized spacial score (nSPS) is 20.3. The van der Waals surface area contributed by atoms with Crippen molar-refractivity contribution in [3.8, 4) is 5.75 Å². The summed E-state index contributed by atoms with van der Waals surface area (Å²) in [5, 5.41) is 13.0. The Morgan fingerprint density at radius 1 is 1.31 bits per heavy atom. The zero-order chi connectivity index (χ0) is 18.6. The highest BCUT2D eigenvalue weighted by Crippen LogP contribution is 2.22. The second-order valence-electron chi connectivity index (χ2n) is 6.48. The quantitative estimate of drug-likeness (QED) is 0.718. The van der Waals surface area contributed by atoms with Crippen molar-refractivity contribution in [2.75, 3.05) is 24.7 Å². The molecule has 2 atom stereocenters.